The van der Waals surface area contributed by atoms with Crippen LogP contribution >= 0.6 is 0 Å². The van der Waals surface area contributed by atoms with E-state index in [9.17, 15) is 13.6 Å². The van der Waals surface area contributed by atoms with Crippen molar-refractivity contribution < 1.29 is 18.3 Å². The number of halogens is 2. The maximum atomic E-state index is 13.6. The van der Waals surface area contributed by atoms with Crippen molar-refractivity contribution in [2.45, 2.75) is 26.0 Å². The Morgan fingerprint density at radius 1 is 1.25 bits per heavy atom. The fourth-order valence-corrected chi connectivity index (χ4v) is 3.22. The second kappa shape index (κ2) is 8.97. The smallest absolute Gasteiger partial charge is 0.244 e. The Morgan fingerprint density at radius 3 is 2.68 bits per heavy atom. The van der Waals surface area contributed by atoms with E-state index in [0.717, 1.165) is 48.6 Å². The van der Waals surface area contributed by atoms with E-state index in [1.54, 1.807) is 0 Å². The van der Waals surface area contributed by atoms with Gasteiger partial charge in [-0.05, 0) is 49.8 Å². The summed E-state index contributed by atoms with van der Waals surface area (Å²) < 4.78 is 32.9. The Morgan fingerprint density at radius 2 is 1.96 bits per heavy atom. The average molecular weight is 386 g/mol. The predicted octanol–water partition coefficient (Wildman–Crippen LogP) is 4.08. The molecule has 1 N–H and O–H groups in total. The maximum absolute atomic E-state index is 13.6. The lowest BCUT2D eigenvalue weighted by Crippen LogP contribution is -2.41. The van der Waals surface area contributed by atoms with Gasteiger partial charge in [-0.3, -0.25) is 4.79 Å². The van der Waals surface area contributed by atoms with Crippen molar-refractivity contribution in [1.82, 2.24) is 5.32 Å². The third-order valence-corrected chi connectivity index (χ3v) is 4.74. The first-order valence-corrected chi connectivity index (χ1v) is 9.33. The molecular weight excluding hydrogens is 362 g/mol. The van der Waals surface area contributed by atoms with Crippen LogP contribution in [0.5, 0.6) is 0 Å². The van der Waals surface area contributed by atoms with Crippen molar-refractivity contribution >= 4 is 17.7 Å². The molecular formula is C22H24F2N2O2. The third-order valence-electron chi connectivity index (χ3n) is 4.74. The second-order valence-corrected chi connectivity index (χ2v) is 6.92. The molecule has 148 valence electrons. The number of nitrogens with zero attached hydrogens (tertiary/aromatic N) is 1. The van der Waals surface area contributed by atoms with E-state index >= 15 is 0 Å². The predicted molar refractivity (Wildman–Crippen MR) is 106 cm³/mol. The molecule has 1 aliphatic rings. The Hall–Kier alpha value is -2.73. The van der Waals surface area contributed by atoms with E-state index in [2.05, 4.69) is 10.2 Å². The van der Waals surface area contributed by atoms with Crippen molar-refractivity contribution in [2.75, 3.05) is 24.6 Å². The van der Waals surface area contributed by atoms with Gasteiger partial charge < -0.3 is 15.0 Å². The van der Waals surface area contributed by atoms with Gasteiger partial charge in [0, 0.05) is 30.4 Å². The van der Waals surface area contributed by atoms with Gasteiger partial charge in [0.05, 0.1) is 18.8 Å². The van der Waals surface area contributed by atoms with Crippen LogP contribution in [0.25, 0.3) is 6.08 Å². The lowest BCUT2D eigenvalue weighted by Gasteiger charge is -2.33. The zero-order valence-corrected chi connectivity index (χ0v) is 16.0. The van der Waals surface area contributed by atoms with Crippen LogP contribution in [0.4, 0.5) is 14.5 Å². The number of morpholine rings is 1. The Labute approximate surface area is 163 Å². The second-order valence-electron chi connectivity index (χ2n) is 6.92. The molecule has 1 unspecified atom stereocenters. The minimum absolute atomic E-state index is 0.179. The molecule has 0 bridgehead atoms. The van der Waals surface area contributed by atoms with Crippen molar-refractivity contribution in [3.8, 4) is 0 Å². The van der Waals surface area contributed by atoms with Gasteiger partial charge in [0.25, 0.3) is 0 Å². The SMILES string of the molecule is CC1CN(c2cccc([C@H](C)NC(=O)C=Cc3c(F)cccc3F)c2)CCO1. The highest BCUT2D eigenvalue weighted by Gasteiger charge is 2.18. The first-order valence-electron chi connectivity index (χ1n) is 9.33. The molecule has 2 atom stereocenters. The number of hydrogen-bond donors (Lipinski definition) is 1. The van der Waals surface area contributed by atoms with Crippen LogP contribution in [0.1, 0.15) is 31.0 Å². The van der Waals surface area contributed by atoms with Gasteiger partial charge in [-0.25, -0.2) is 8.78 Å². The number of anilines is 1. The third kappa shape index (κ3) is 4.95. The molecule has 1 fully saturated rings. The highest BCUT2D eigenvalue weighted by atomic mass is 19.1. The Kier molecular flexibility index (Phi) is 6.41. The van der Waals surface area contributed by atoms with E-state index in [4.69, 9.17) is 4.74 Å². The summed E-state index contributed by atoms with van der Waals surface area (Å²) in [7, 11) is 0. The largest absolute Gasteiger partial charge is 0.375 e. The highest BCUT2D eigenvalue weighted by Crippen LogP contribution is 2.23. The Bertz CT molecular complexity index is 849. The Balaban J connectivity index is 1.66. The lowest BCUT2D eigenvalue weighted by molar-refractivity contribution is -0.117. The molecule has 3 rings (SSSR count). The molecule has 2 aromatic carbocycles. The standard InChI is InChI=1S/C22H24F2N2O2/c1-15-14-26(11-12-28-15)18-6-3-5-17(13-18)16(2)25-22(27)10-9-19-20(23)7-4-8-21(19)24/h3-10,13,15-16H,11-12,14H2,1-2H3,(H,25,27)/t15?,16-/m0/s1. The minimum atomic E-state index is -0.704. The van der Waals surface area contributed by atoms with Gasteiger partial charge in [0.1, 0.15) is 11.6 Å². The summed E-state index contributed by atoms with van der Waals surface area (Å²) in [6.07, 6.45) is 2.47. The monoisotopic (exact) mass is 386 g/mol. The van der Waals surface area contributed by atoms with E-state index in [1.165, 1.54) is 6.07 Å². The number of ether oxygens (including phenoxy) is 1. The summed E-state index contributed by atoms with van der Waals surface area (Å²) in [5, 5.41) is 2.83. The molecule has 1 aliphatic heterocycles. The van der Waals surface area contributed by atoms with Gasteiger partial charge in [-0.2, -0.15) is 0 Å². The van der Waals surface area contributed by atoms with E-state index in [0.29, 0.717) is 6.61 Å². The molecule has 28 heavy (non-hydrogen) atoms. The molecule has 1 heterocycles. The van der Waals surface area contributed by atoms with Crippen LogP contribution in [-0.4, -0.2) is 31.7 Å². The summed E-state index contributed by atoms with van der Waals surface area (Å²) in [5.74, 6) is -1.82. The van der Waals surface area contributed by atoms with Gasteiger partial charge >= 0.3 is 0 Å². The molecule has 2 aromatic rings. The maximum Gasteiger partial charge on any atom is 0.244 e. The fraction of sp³-hybridized carbons (Fsp3) is 0.318. The number of carbonyl (C=O) groups is 1. The summed E-state index contributed by atoms with van der Waals surface area (Å²) in [5.41, 5.74) is 1.81. The zero-order chi connectivity index (χ0) is 20.1. The number of carbonyl (C=O) groups excluding carboxylic acids is 1. The molecule has 1 amide bonds. The molecule has 0 aliphatic carbocycles. The van der Waals surface area contributed by atoms with Crippen LogP contribution in [0.2, 0.25) is 0 Å². The van der Waals surface area contributed by atoms with Crippen LogP contribution < -0.4 is 10.2 Å². The van der Waals surface area contributed by atoms with E-state index in [1.807, 2.05) is 38.1 Å². The normalized spacial score (nSPS) is 18.3. The van der Waals surface area contributed by atoms with Gasteiger partial charge in [0.15, 0.2) is 0 Å². The molecule has 0 saturated carbocycles. The van der Waals surface area contributed by atoms with Crippen molar-refractivity contribution in [1.29, 1.82) is 0 Å². The zero-order valence-electron chi connectivity index (χ0n) is 16.0. The first-order chi connectivity index (χ1) is 13.4. The fourth-order valence-electron chi connectivity index (χ4n) is 3.22. The lowest BCUT2D eigenvalue weighted by atomic mass is 10.1. The minimum Gasteiger partial charge on any atom is -0.375 e. The molecule has 0 spiro atoms. The van der Waals surface area contributed by atoms with Crippen molar-refractivity contribution in [3.63, 3.8) is 0 Å². The number of hydrogen-bond acceptors (Lipinski definition) is 3. The molecule has 1 saturated heterocycles. The molecule has 6 heteroatoms. The van der Waals surface area contributed by atoms with Crippen LogP contribution in [0.15, 0.2) is 48.5 Å². The topological polar surface area (TPSA) is 41.6 Å². The summed E-state index contributed by atoms with van der Waals surface area (Å²) >= 11 is 0. The number of nitrogens with one attached hydrogen (secondary N) is 1. The number of rotatable bonds is 5. The van der Waals surface area contributed by atoms with Gasteiger partial charge in [-0.1, -0.05) is 18.2 Å². The average Bonchev–Trinajstić information content (AvgIpc) is 2.67. The molecule has 0 aromatic heterocycles. The summed E-state index contributed by atoms with van der Waals surface area (Å²) in [4.78, 5) is 14.4. The number of benzene rings is 2. The van der Waals surface area contributed by atoms with Crippen molar-refractivity contribution in [3.05, 3.63) is 71.3 Å². The van der Waals surface area contributed by atoms with E-state index < -0.39 is 17.5 Å². The van der Waals surface area contributed by atoms with E-state index in [-0.39, 0.29) is 17.7 Å². The molecule has 4 nitrogen and oxygen atoms in total. The van der Waals surface area contributed by atoms with Gasteiger partial charge in [-0.15, -0.1) is 0 Å². The summed E-state index contributed by atoms with van der Waals surface area (Å²) in [6.45, 7) is 6.25. The van der Waals surface area contributed by atoms with Crippen LogP contribution in [0.3, 0.4) is 0 Å². The quantitative estimate of drug-likeness (QED) is 0.788. The van der Waals surface area contributed by atoms with Crippen LogP contribution in [0, 0.1) is 11.6 Å². The highest BCUT2D eigenvalue weighted by molar-refractivity contribution is 5.92. The molecule has 0 radical (unpaired) electrons. The number of amides is 1. The van der Waals surface area contributed by atoms with Gasteiger partial charge in [0.2, 0.25) is 5.91 Å². The van der Waals surface area contributed by atoms with Crippen LogP contribution in [-0.2, 0) is 9.53 Å². The van der Waals surface area contributed by atoms with Crippen molar-refractivity contribution in [2.24, 2.45) is 0 Å². The first kappa shape index (κ1) is 20.0. The summed E-state index contributed by atoms with van der Waals surface area (Å²) in [6, 6.07) is 11.3.